The Hall–Kier alpha value is -1.72. The van der Waals surface area contributed by atoms with Crippen LogP contribution in [0.15, 0.2) is 35.7 Å². The van der Waals surface area contributed by atoms with E-state index in [0.29, 0.717) is 18.7 Å². The maximum Gasteiger partial charge on any atom is 0.270 e. The largest absolute Gasteiger partial charge is 0.393 e. The molecule has 1 atom stereocenters. The van der Waals surface area contributed by atoms with Gasteiger partial charge in [-0.25, -0.2) is 4.98 Å². The van der Waals surface area contributed by atoms with Crippen molar-refractivity contribution in [2.75, 3.05) is 6.54 Å². The van der Waals surface area contributed by atoms with E-state index in [-0.39, 0.29) is 17.4 Å². The number of aliphatic hydroxyl groups excluding tert-OH is 1. The standard InChI is InChI=1S/C18H24N2O2S/c1-13(21)10-18(2,3)12-19-17(22)15-11-23-16(20-15)9-14-7-5-4-6-8-14/h4-8,11,13,21H,9-10,12H2,1-3H3,(H,19,22). The second-order valence-corrected chi connectivity index (χ2v) is 7.63. The molecule has 2 N–H and O–H groups in total. The van der Waals surface area contributed by atoms with Gasteiger partial charge in [0.25, 0.3) is 5.91 Å². The van der Waals surface area contributed by atoms with Crippen molar-refractivity contribution < 1.29 is 9.90 Å². The highest BCUT2D eigenvalue weighted by Gasteiger charge is 2.22. The van der Waals surface area contributed by atoms with Gasteiger partial charge >= 0.3 is 0 Å². The van der Waals surface area contributed by atoms with Crippen molar-refractivity contribution >= 4 is 17.2 Å². The normalized spacial score (nSPS) is 12.9. The first kappa shape index (κ1) is 17.6. The molecule has 0 aliphatic heterocycles. The zero-order valence-corrected chi connectivity index (χ0v) is 14.7. The molecule has 1 amide bonds. The van der Waals surface area contributed by atoms with E-state index in [0.717, 1.165) is 11.4 Å². The minimum atomic E-state index is -0.376. The molecule has 0 aliphatic rings. The van der Waals surface area contributed by atoms with E-state index in [9.17, 15) is 9.90 Å². The van der Waals surface area contributed by atoms with Crippen molar-refractivity contribution in [2.45, 2.75) is 39.7 Å². The van der Waals surface area contributed by atoms with E-state index in [1.165, 1.54) is 16.9 Å². The van der Waals surface area contributed by atoms with Crippen molar-refractivity contribution in [1.29, 1.82) is 0 Å². The molecule has 1 aromatic heterocycles. The van der Waals surface area contributed by atoms with E-state index in [1.54, 1.807) is 12.3 Å². The molecule has 4 nitrogen and oxygen atoms in total. The maximum absolute atomic E-state index is 12.2. The first-order chi connectivity index (χ1) is 10.9. The first-order valence-electron chi connectivity index (χ1n) is 7.80. The molecule has 1 aromatic carbocycles. The number of nitrogens with one attached hydrogen (secondary N) is 1. The van der Waals surface area contributed by atoms with Gasteiger partial charge in [-0.2, -0.15) is 0 Å². The number of hydrogen-bond acceptors (Lipinski definition) is 4. The molecule has 124 valence electrons. The summed E-state index contributed by atoms with van der Waals surface area (Å²) in [6.07, 6.45) is 1.01. The fourth-order valence-electron chi connectivity index (χ4n) is 2.55. The van der Waals surface area contributed by atoms with Crippen LogP contribution >= 0.6 is 11.3 Å². The molecule has 1 heterocycles. The summed E-state index contributed by atoms with van der Waals surface area (Å²) in [7, 11) is 0. The lowest BCUT2D eigenvalue weighted by Gasteiger charge is -2.26. The summed E-state index contributed by atoms with van der Waals surface area (Å²) in [5.41, 5.74) is 1.51. The lowest BCUT2D eigenvalue weighted by molar-refractivity contribution is 0.0898. The lowest BCUT2D eigenvalue weighted by Crippen LogP contribution is -2.35. The third-order valence-electron chi connectivity index (χ3n) is 3.56. The Morgan fingerprint density at radius 3 is 2.70 bits per heavy atom. The van der Waals surface area contributed by atoms with Gasteiger partial charge in [0, 0.05) is 18.3 Å². The summed E-state index contributed by atoms with van der Waals surface area (Å²) in [4.78, 5) is 16.6. The van der Waals surface area contributed by atoms with Gasteiger partial charge in [0.05, 0.1) is 11.1 Å². The highest BCUT2D eigenvalue weighted by atomic mass is 32.1. The molecule has 5 heteroatoms. The number of amides is 1. The van der Waals surface area contributed by atoms with Crippen LogP contribution in [0.4, 0.5) is 0 Å². The molecule has 2 rings (SSSR count). The predicted molar refractivity (Wildman–Crippen MR) is 93.8 cm³/mol. The zero-order chi connectivity index (χ0) is 16.9. The van der Waals surface area contributed by atoms with Gasteiger partial charge in [-0.1, -0.05) is 44.2 Å². The Morgan fingerprint density at radius 2 is 2.04 bits per heavy atom. The van der Waals surface area contributed by atoms with Crippen molar-refractivity contribution in [3.05, 3.63) is 52.0 Å². The second kappa shape index (κ2) is 7.70. The predicted octanol–water partition coefficient (Wildman–Crippen LogP) is 3.26. The molecule has 0 radical (unpaired) electrons. The van der Waals surface area contributed by atoms with Crippen LogP contribution in [0.3, 0.4) is 0 Å². The van der Waals surface area contributed by atoms with Crippen LogP contribution in [-0.2, 0) is 6.42 Å². The SMILES string of the molecule is CC(O)CC(C)(C)CNC(=O)c1csc(Cc2ccccc2)n1. The summed E-state index contributed by atoms with van der Waals surface area (Å²) < 4.78 is 0. The third kappa shape index (κ3) is 5.77. The van der Waals surface area contributed by atoms with E-state index in [2.05, 4.69) is 22.4 Å². The lowest BCUT2D eigenvalue weighted by atomic mass is 9.87. The fraction of sp³-hybridized carbons (Fsp3) is 0.444. The highest BCUT2D eigenvalue weighted by molar-refractivity contribution is 7.09. The number of carbonyl (C=O) groups is 1. The number of benzene rings is 1. The van der Waals surface area contributed by atoms with Crippen LogP contribution in [0.5, 0.6) is 0 Å². The second-order valence-electron chi connectivity index (χ2n) is 6.69. The number of aliphatic hydroxyl groups is 1. The molecule has 0 saturated carbocycles. The van der Waals surface area contributed by atoms with Gasteiger partial charge in [0.1, 0.15) is 5.69 Å². The molecule has 0 aliphatic carbocycles. The van der Waals surface area contributed by atoms with Gasteiger partial charge in [-0.3, -0.25) is 4.79 Å². The van der Waals surface area contributed by atoms with Crippen molar-refractivity contribution in [1.82, 2.24) is 10.3 Å². The Balaban J connectivity index is 1.91. The molecule has 0 bridgehead atoms. The van der Waals surface area contributed by atoms with Gasteiger partial charge in [0.15, 0.2) is 0 Å². The number of aromatic nitrogens is 1. The van der Waals surface area contributed by atoms with Crippen LogP contribution in [0.25, 0.3) is 0 Å². The molecule has 1 unspecified atom stereocenters. The molecule has 2 aromatic rings. The van der Waals surface area contributed by atoms with E-state index in [1.807, 2.05) is 32.0 Å². The summed E-state index contributed by atoms with van der Waals surface area (Å²) in [6, 6.07) is 10.1. The molecular weight excluding hydrogens is 308 g/mol. The molecule has 0 saturated heterocycles. The minimum Gasteiger partial charge on any atom is -0.393 e. The average Bonchev–Trinajstić information content (AvgIpc) is 2.93. The molecule has 23 heavy (non-hydrogen) atoms. The Labute approximate surface area is 141 Å². The smallest absolute Gasteiger partial charge is 0.270 e. The van der Waals surface area contributed by atoms with Crippen molar-refractivity contribution in [2.24, 2.45) is 5.41 Å². The quantitative estimate of drug-likeness (QED) is 0.818. The van der Waals surface area contributed by atoms with Gasteiger partial charge < -0.3 is 10.4 Å². The number of carbonyl (C=O) groups excluding carboxylic acids is 1. The van der Waals surface area contributed by atoms with Crippen LogP contribution in [0, 0.1) is 5.41 Å². The zero-order valence-electron chi connectivity index (χ0n) is 13.9. The Kier molecular flexibility index (Phi) is 5.91. The first-order valence-corrected chi connectivity index (χ1v) is 8.68. The molecular formula is C18H24N2O2S. The summed E-state index contributed by atoms with van der Waals surface area (Å²) >= 11 is 1.50. The highest BCUT2D eigenvalue weighted by Crippen LogP contribution is 2.21. The Bertz CT molecular complexity index is 635. The van der Waals surface area contributed by atoms with Gasteiger partial charge in [0.2, 0.25) is 0 Å². The summed E-state index contributed by atoms with van der Waals surface area (Å²) in [5.74, 6) is -0.153. The Morgan fingerprint density at radius 1 is 1.35 bits per heavy atom. The van der Waals surface area contributed by atoms with Crippen molar-refractivity contribution in [3.63, 3.8) is 0 Å². The maximum atomic E-state index is 12.2. The minimum absolute atomic E-state index is 0.146. The van der Waals surface area contributed by atoms with Crippen molar-refractivity contribution in [3.8, 4) is 0 Å². The van der Waals surface area contributed by atoms with Crippen LogP contribution in [0.1, 0.15) is 48.3 Å². The topological polar surface area (TPSA) is 62.2 Å². The number of nitrogens with zero attached hydrogens (tertiary/aromatic N) is 1. The van der Waals surface area contributed by atoms with Crippen LogP contribution in [0.2, 0.25) is 0 Å². The van der Waals surface area contributed by atoms with Crippen LogP contribution < -0.4 is 5.32 Å². The number of thiazole rings is 1. The monoisotopic (exact) mass is 332 g/mol. The summed E-state index contributed by atoms with van der Waals surface area (Å²) in [6.45, 7) is 6.34. The van der Waals surface area contributed by atoms with E-state index in [4.69, 9.17) is 0 Å². The molecule has 0 spiro atoms. The van der Waals surface area contributed by atoms with E-state index < -0.39 is 0 Å². The molecule has 0 fully saturated rings. The average molecular weight is 332 g/mol. The van der Waals surface area contributed by atoms with Crippen LogP contribution in [-0.4, -0.2) is 28.6 Å². The fourth-order valence-corrected chi connectivity index (χ4v) is 3.36. The summed E-state index contributed by atoms with van der Waals surface area (Å²) in [5, 5.41) is 15.1. The van der Waals surface area contributed by atoms with E-state index >= 15 is 0 Å². The third-order valence-corrected chi connectivity index (χ3v) is 4.41. The number of hydrogen-bond donors (Lipinski definition) is 2. The van der Waals surface area contributed by atoms with Gasteiger partial charge in [-0.15, -0.1) is 11.3 Å². The number of rotatable bonds is 7. The van der Waals surface area contributed by atoms with Gasteiger partial charge in [-0.05, 0) is 24.3 Å².